The minimum absolute atomic E-state index is 0.0333. The molecule has 1 atom stereocenters. The fourth-order valence-corrected chi connectivity index (χ4v) is 2.73. The van der Waals surface area contributed by atoms with Crippen LogP contribution in [0.15, 0.2) is 36.9 Å². The highest BCUT2D eigenvalue weighted by atomic mass is 16.5. The van der Waals surface area contributed by atoms with Gasteiger partial charge in [-0.3, -0.25) is 9.78 Å². The summed E-state index contributed by atoms with van der Waals surface area (Å²) in [5, 5.41) is 0. The van der Waals surface area contributed by atoms with Crippen LogP contribution in [0.4, 0.5) is 0 Å². The summed E-state index contributed by atoms with van der Waals surface area (Å²) in [4.78, 5) is 26.8. The van der Waals surface area contributed by atoms with Gasteiger partial charge in [0.2, 0.25) is 0 Å². The van der Waals surface area contributed by atoms with Gasteiger partial charge in [0.15, 0.2) is 0 Å². The van der Waals surface area contributed by atoms with Crippen molar-refractivity contribution < 1.29 is 9.53 Å². The minimum Gasteiger partial charge on any atom is -0.375 e. The fraction of sp³-hybridized carbons (Fsp3) is 0.412. The molecule has 1 saturated heterocycles. The SMILES string of the molecule is Cc1ncccc1C(=O)N1CCO[C@@H](CCc2ccncn2)C1. The van der Waals surface area contributed by atoms with Crippen molar-refractivity contribution in [1.29, 1.82) is 0 Å². The van der Waals surface area contributed by atoms with Gasteiger partial charge < -0.3 is 9.64 Å². The molecule has 1 aliphatic heterocycles. The number of amides is 1. The van der Waals surface area contributed by atoms with Crippen molar-refractivity contribution in [3.8, 4) is 0 Å². The molecule has 0 aliphatic carbocycles. The average Bonchev–Trinajstić information content (AvgIpc) is 2.61. The Hall–Kier alpha value is -2.34. The Morgan fingerprint density at radius 1 is 1.35 bits per heavy atom. The molecule has 0 spiro atoms. The third kappa shape index (κ3) is 3.90. The predicted octanol–water partition coefficient (Wildman–Crippen LogP) is 1.65. The van der Waals surface area contributed by atoms with Gasteiger partial charge in [0.25, 0.3) is 5.91 Å². The number of aryl methyl sites for hydroxylation is 2. The molecule has 0 saturated carbocycles. The number of aromatic nitrogens is 3. The van der Waals surface area contributed by atoms with E-state index in [1.807, 2.05) is 24.0 Å². The lowest BCUT2D eigenvalue weighted by atomic mass is 10.1. The Morgan fingerprint density at radius 3 is 3.04 bits per heavy atom. The van der Waals surface area contributed by atoms with Gasteiger partial charge in [-0.05, 0) is 38.0 Å². The van der Waals surface area contributed by atoms with E-state index in [4.69, 9.17) is 4.74 Å². The maximum absolute atomic E-state index is 12.7. The number of rotatable bonds is 4. The van der Waals surface area contributed by atoms with Crippen molar-refractivity contribution in [2.75, 3.05) is 19.7 Å². The van der Waals surface area contributed by atoms with Gasteiger partial charge >= 0.3 is 0 Å². The topological polar surface area (TPSA) is 68.2 Å². The van der Waals surface area contributed by atoms with Crippen LogP contribution in [-0.4, -0.2) is 51.6 Å². The monoisotopic (exact) mass is 312 g/mol. The molecule has 23 heavy (non-hydrogen) atoms. The zero-order valence-corrected chi connectivity index (χ0v) is 13.2. The second-order valence-corrected chi connectivity index (χ2v) is 5.62. The number of nitrogens with zero attached hydrogens (tertiary/aromatic N) is 4. The predicted molar refractivity (Wildman–Crippen MR) is 85.0 cm³/mol. The van der Waals surface area contributed by atoms with E-state index in [9.17, 15) is 4.79 Å². The van der Waals surface area contributed by atoms with Crippen molar-refractivity contribution in [2.45, 2.75) is 25.9 Å². The smallest absolute Gasteiger partial charge is 0.255 e. The molecule has 6 heteroatoms. The quantitative estimate of drug-likeness (QED) is 0.859. The van der Waals surface area contributed by atoms with Gasteiger partial charge in [-0.15, -0.1) is 0 Å². The molecule has 2 aromatic heterocycles. The van der Waals surface area contributed by atoms with E-state index >= 15 is 0 Å². The van der Waals surface area contributed by atoms with Crippen molar-refractivity contribution >= 4 is 5.91 Å². The Bertz CT molecular complexity index is 663. The van der Waals surface area contributed by atoms with Crippen LogP contribution in [0.25, 0.3) is 0 Å². The molecule has 6 nitrogen and oxygen atoms in total. The van der Waals surface area contributed by atoms with Crippen LogP contribution in [0, 0.1) is 6.92 Å². The molecule has 1 fully saturated rings. The van der Waals surface area contributed by atoms with E-state index in [2.05, 4.69) is 15.0 Å². The zero-order valence-electron chi connectivity index (χ0n) is 13.2. The number of morpholine rings is 1. The van der Waals surface area contributed by atoms with Gasteiger partial charge in [0, 0.05) is 36.9 Å². The summed E-state index contributed by atoms with van der Waals surface area (Å²) in [6.45, 7) is 3.66. The summed E-state index contributed by atoms with van der Waals surface area (Å²) in [6, 6.07) is 5.54. The molecule has 3 heterocycles. The highest BCUT2D eigenvalue weighted by Crippen LogP contribution is 2.15. The normalized spacial score (nSPS) is 18.0. The maximum atomic E-state index is 12.7. The molecule has 0 N–H and O–H groups in total. The van der Waals surface area contributed by atoms with Crippen molar-refractivity contribution in [3.63, 3.8) is 0 Å². The lowest BCUT2D eigenvalue weighted by Gasteiger charge is -2.33. The lowest BCUT2D eigenvalue weighted by molar-refractivity contribution is -0.0247. The van der Waals surface area contributed by atoms with E-state index < -0.39 is 0 Å². The molecule has 1 amide bonds. The van der Waals surface area contributed by atoms with Gasteiger partial charge in [-0.25, -0.2) is 9.97 Å². The van der Waals surface area contributed by atoms with Crippen LogP contribution in [0.3, 0.4) is 0 Å². The first kappa shape index (κ1) is 15.6. The van der Waals surface area contributed by atoms with E-state index in [1.54, 1.807) is 24.8 Å². The van der Waals surface area contributed by atoms with Gasteiger partial charge in [0.1, 0.15) is 6.33 Å². The van der Waals surface area contributed by atoms with E-state index in [-0.39, 0.29) is 12.0 Å². The van der Waals surface area contributed by atoms with Gasteiger partial charge in [-0.2, -0.15) is 0 Å². The third-order valence-electron chi connectivity index (χ3n) is 4.03. The Morgan fingerprint density at radius 2 is 2.26 bits per heavy atom. The Labute approximate surface area is 135 Å². The molecule has 0 bridgehead atoms. The number of hydrogen-bond donors (Lipinski definition) is 0. The van der Waals surface area contributed by atoms with Crippen LogP contribution in [0.5, 0.6) is 0 Å². The number of hydrogen-bond acceptors (Lipinski definition) is 5. The summed E-state index contributed by atoms with van der Waals surface area (Å²) in [6.07, 6.45) is 6.70. The first-order valence-corrected chi connectivity index (χ1v) is 7.81. The summed E-state index contributed by atoms with van der Waals surface area (Å²) in [7, 11) is 0. The molecular weight excluding hydrogens is 292 g/mol. The van der Waals surface area contributed by atoms with E-state index in [1.165, 1.54) is 0 Å². The van der Waals surface area contributed by atoms with Gasteiger partial charge in [0.05, 0.1) is 18.3 Å². The third-order valence-corrected chi connectivity index (χ3v) is 4.03. The molecule has 2 aromatic rings. The van der Waals surface area contributed by atoms with Gasteiger partial charge in [-0.1, -0.05) is 0 Å². The molecule has 1 aliphatic rings. The highest BCUT2D eigenvalue weighted by molar-refractivity contribution is 5.95. The number of carbonyl (C=O) groups excluding carboxylic acids is 1. The van der Waals surface area contributed by atoms with Crippen LogP contribution in [0.1, 0.15) is 28.2 Å². The zero-order chi connectivity index (χ0) is 16.1. The number of ether oxygens (including phenoxy) is 1. The van der Waals surface area contributed by atoms with Crippen molar-refractivity contribution in [2.24, 2.45) is 0 Å². The van der Waals surface area contributed by atoms with Crippen LogP contribution < -0.4 is 0 Å². The molecular formula is C17H20N4O2. The van der Waals surface area contributed by atoms with Crippen molar-refractivity contribution in [1.82, 2.24) is 19.9 Å². The van der Waals surface area contributed by atoms with E-state index in [0.717, 1.165) is 24.2 Å². The Kier molecular flexibility index (Phi) is 4.92. The second-order valence-electron chi connectivity index (χ2n) is 5.62. The first-order chi connectivity index (χ1) is 11.2. The molecule has 120 valence electrons. The first-order valence-electron chi connectivity index (χ1n) is 7.81. The summed E-state index contributed by atoms with van der Waals surface area (Å²) in [5.74, 6) is 0.0333. The highest BCUT2D eigenvalue weighted by Gasteiger charge is 2.25. The van der Waals surface area contributed by atoms with Crippen LogP contribution >= 0.6 is 0 Å². The molecule has 0 radical (unpaired) electrons. The maximum Gasteiger partial charge on any atom is 0.255 e. The molecule has 0 unspecified atom stereocenters. The lowest BCUT2D eigenvalue weighted by Crippen LogP contribution is -2.46. The largest absolute Gasteiger partial charge is 0.375 e. The standard InChI is InChI=1S/C17H20N4O2/c1-13-16(3-2-7-19-13)17(22)21-9-10-23-15(11-21)5-4-14-6-8-18-12-20-14/h2-3,6-8,12,15H,4-5,9-11H2,1H3/t15-/m0/s1. The minimum atomic E-state index is 0.0333. The average molecular weight is 312 g/mol. The van der Waals surface area contributed by atoms with Crippen molar-refractivity contribution in [3.05, 3.63) is 53.9 Å². The molecule has 0 aromatic carbocycles. The van der Waals surface area contributed by atoms with Crippen LogP contribution in [-0.2, 0) is 11.2 Å². The summed E-state index contributed by atoms with van der Waals surface area (Å²) >= 11 is 0. The summed E-state index contributed by atoms with van der Waals surface area (Å²) in [5.41, 5.74) is 2.43. The molecule has 3 rings (SSSR count). The second kappa shape index (κ2) is 7.28. The number of pyridine rings is 1. The number of carbonyl (C=O) groups is 1. The van der Waals surface area contributed by atoms with Crippen LogP contribution in [0.2, 0.25) is 0 Å². The fourth-order valence-electron chi connectivity index (χ4n) is 2.73. The Balaban J connectivity index is 1.60. The van der Waals surface area contributed by atoms with E-state index in [0.29, 0.717) is 25.3 Å². The summed E-state index contributed by atoms with van der Waals surface area (Å²) < 4.78 is 5.79.